The highest BCUT2D eigenvalue weighted by Crippen LogP contribution is 2.34. The van der Waals surface area contributed by atoms with Crippen molar-refractivity contribution in [2.45, 2.75) is 32.6 Å². The molecule has 2 aromatic carbocycles. The number of hydrogen-bond donors (Lipinski definition) is 0. The molecule has 0 bridgehead atoms. The molecule has 0 nitrogen and oxygen atoms in total. The van der Waals surface area contributed by atoms with E-state index in [0.717, 1.165) is 5.33 Å². The van der Waals surface area contributed by atoms with Gasteiger partial charge in [-0.25, -0.2) is 0 Å². The second-order valence-electron chi connectivity index (χ2n) is 6.49. The predicted molar refractivity (Wildman–Crippen MR) is 106 cm³/mol. The fraction of sp³-hybridized carbons (Fsp3) is 0.364. The van der Waals surface area contributed by atoms with Crippen LogP contribution in [0.15, 0.2) is 60.7 Å². The number of rotatable bonds is 6. The normalized spacial score (nSPS) is 20.7. The number of alkyl halides is 1. The van der Waals surface area contributed by atoms with E-state index in [1.165, 1.54) is 47.6 Å². The molecule has 0 aliphatic heterocycles. The summed E-state index contributed by atoms with van der Waals surface area (Å²) < 4.78 is 0. The van der Waals surface area contributed by atoms with Crippen molar-refractivity contribution in [2.75, 3.05) is 5.33 Å². The predicted octanol–water partition coefficient (Wildman–Crippen LogP) is 7.00. The lowest BCUT2D eigenvalue weighted by molar-refractivity contribution is 0.411. The molecule has 120 valence electrons. The molecule has 1 aliphatic carbocycles. The Kier molecular flexibility index (Phi) is 5.72. The smallest absolute Gasteiger partial charge is 0.00315 e. The average molecular weight is 369 g/mol. The summed E-state index contributed by atoms with van der Waals surface area (Å²) in [5, 5.41) is 3.75. The molecule has 0 aromatic heterocycles. The third-order valence-electron chi connectivity index (χ3n) is 4.84. The van der Waals surface area contributed by atoms with Crippen molar-refractivity contribution >= 4 is 32.3 Å². The zero-order chi connectivity index (χ0) is 16.1. The van der Waals surface area contributed by atoms with Gasteiger partial charge in [-0.2, -0.15) is 0 Å². The van der Waals surface area contributed by atoms with E-state index in [1.54, 1.807) is 0 Å². The van der Waals surface area contributed by atoms with Crippen LogP contribution < -0.4 is 0 Å². The summed E-state index contributed by atoms with van der Waals surface area (Å²) in [6, 6.07) is 15.4. The number of allylic oxidation sites excluding steroid dienone is 4. The first-order chi connectivity index (χ1) is 11.3. The van der Waals surface area contributed by atoms with Gasteiger partial charge in [0.2, 0.25) is 0 Å². The molecule has 0 amide bonds. The minimum atomic E-state index is 0.686. The van der Waals surface area contributed by atoms with Gasteiger partial charge in [0.05, 0.1) is 0 Å². The zero-order valence-electron chi connectivity index (χ0n) is 13.8. The Morgan fingerprint density at radius 3 is 2.57 bits per heavy atom. The molecule has 1 heteroatoms. The van der Waals surface area contributed by atoms with Gasteiger partial charge in [0.15, 0.2) is 0 Å². The SMILES string of the molecule is CCCC1C=C(c2ccc3ccccc3c2)C=CC1CCCBr. The number of fused-ring (bicyclic) bond motifs is 1. The van der Waals surface area contributed by atoms with Gasteiger partial charge in [0, 0.05) is 5.33 Å². The first-order valence-electron chi connectivity index (χ1n) is 8.77. The van der Waals surface area contributed by atoms with Crippen LogP contribution in [0, 0.1) is 11.8 Å². The Labute approximate surface area is 148 Å². The molecule has 23 heavy (non-hydrogen) atoms. The Balaban J connectivity index is 1.87. The van der Waals surface area contributed by atoms with Crippen LogP contribution in [0.3, 0.4) is 0 Å². The van der Waals surface area contributed by atoms with Gasteiger partial charge in [-0.15, -0.1) is 0 Å². The lowest BCUT2D eigenvalue weighted by Crippen LogP contribution is -2.14. The van der Waals surface area contributed by atoms with E-state index in [0.29, 0.717) is 11.8 Å². The first-order valence-corrected chi connectivity index (χ1v) is 9.89. The van der Waals surface area contributed by atoms with Crippen LogP contribution in [0.25, 0.3) is 16.3 Å². The Hall–Kier alpha value is -1.34. The fourth-order valence-corrected chi connectivity index (χ4v) is 3.92. The fourth-order valence-electron chi connectivity index (χ4n) is 3.60. The van der Waals surface area contributed by atoms with Crippen LogP contribution in [0.2, 0.25) is 0 Å². The molecule has 2 atom stereocenters. The Morgan fingerprint density at radius 2 is 1.78 bits per heavy atom. The van der Waals surface area contributed by atoms with E-state index >= 15 is 0 Å². The maximum atomic E-state index is 3.57. The largest absolute Gasteiger partial charge is 0.0928 e. The standard InChI is InChI=1S/C22H25Br/c1-2-6-19-15-21(13-11-18(19)9-5-14-23)22-12-10-17-7-3-4-8-20(17)16-22/h3-4,7-8,10-13,15-16,18-19H,2,5-6,9,14H2,1H3. The van der Waals surface area contributed by atoms with Crippen molar-refractivity contribution in [3.8, 4) is 0 Å². The van der Waals surface area contributed by atoms with Crippen LogP contribution >= 0.6 is 15.9 Å². The number of halogens is 1. The molecular weight excluding hydrogens is 344 g/mol. The summed E-state index contributed by atoms with van der Waals surface area (Å²) in [4.78, 5) is 0. The minimum absolute atomic E-state index is 0.686. The van der Waals surface area contributed by atoms with E-state index in [4.69, 9.17) is 0 Å². The summed E-state index contributed by atoms with van der Waals surface area (Å²) in [6.07, 6.45) is 12.4. The van der Waals surface area contributed by atoms with Crippen LogP contribution in [-0.4, -0.2) is 5.33 Å². The first kappa shape index (κ1) is 16.5. The maximum absolute atomic E-state index is 3.57. The lowest BCUT2D eigenvalue weighted by atomic mass is 9.79. The van der Waals surface area contributed by atoms with Gasteiger partial charge in [0.1, 0.15) is 0 Å². The van der Waals surface area contributed by atoms with Crippen LogP contribution in [0.4, 0.5) is 0 Å². The monoisotopic (exact) mass is 368 g/mol. The van der Waals surface area contributed by atoms with Gasteiger partial charge < -0.3 is 0 Å². The van der Waals surface area contributed by atoms with Crippen molar-refractivity contribution in [1.29, 1.82) is 0 Å². The summed E-state index contributed by atoms with van der Waals surface area (Å²) in [5.41, 5.74) is 2.74. The molecule has 3 rings (SSSR count). The molecule has 0 radical (unpaired) electrons. The van der Waals surface area contributed by atoms with Crippen molar-refractivity contribution < 1.29 is 0 Å². The van der Waals surface area contributed by atoms with Gasteiger partial charge in [-0.05, 0) is 59.1 Å². The summed E-state index contributed by atoms with van der Waals surface area (Å²) in [6.45, 7) is 2.30. The van der Waals surface area contributed by atoms with E-state index in [-0.39, 0.29) is 0 Å². The Bertz CT molecular complexity index is 711. The third-order valence-corrected chi connectivity index (χ3v) is 5.40. The lowest BCUT2D eigenvalue weighted by Gasteiger charge is -2.26. The van der Waals surface area contributed by atoms with E-state index in [1.807, 2.05) is 0 Å². The molecular formula is C22H25Br. The second kappa shape index (κ2) is 7.97. The molecule has 0 N–H and O–H groups in total. The number of hydrogen-bond acceptors (Lipinski definition) is 0. The van der Waals surface area contributed by atoms with Crippen molar-refractivity contribution in [3.63, 3.8) is 0 Å². The highest BCUT2D eigenvalue weighted by atomic mass is 79.9. The molecule has 0 saturated carbocycles. The molecule has 2 unspecified atom stereocenters. The maximum Gasteiger partial charge on any atom is 0.00315 e. The molecule has 0 heterocycles. The quantitative estimate of drug-likeness (QED) is 0.481. The van der Waals surface area contributed by atoms with E-state index in [9.17, 15) is 0 Å². The van der Waals surface area contributed by atoms with E-state index in [2.05, 4.69) is 83.5 Å². The zero-order valence-corrected chi connectivity index (χ0v) is 15.4. The molecule has 0 saturated heterocycles. The number of benzene rings is 2. The van der Waals surface area contributed by atoms with Crippen LogP contribution in [-0.2, 0) is 0 Å². The highest BCUT2D eigenvalue weighted by Gasteiger charge is 2.20. The van der Waals surface area contributed by atoms with Crippen molar-refractivity contribution in [3.05, 3.63) is 66.3 Å². The summed E-state index contributed by atoms with van der Waals surface area (Å²) in [7, 11) is 0. The van der Waals surface area contributed by atoms with Gasteiger partial charge in [-0.3, -0.25) is 0 Å². The molecule has 2 aromatic rings. The molecule has 0 spiro atoms. The van der Waals surface area contributed by atoms with E-state index < -0.39 is 0 Å². The van der Waals surface area contributed by atoms with Crippen molar-refractivity contribution in [2.24, 2.45) is 11.8 Å². The molecule has 1 aliphatic rings. The topological polar surface area (TPSA) is 0 Å². The van der Waals surface area contributed by atoms with Gasteiger partial charge in [-0.1, -0.05) is 83.9 Å². The third kappa shape index (κ3) is 3.95. The Morgan fingerprint density at radius 1 is 0.957 bits per heavy atom. The average Bonchev–Trinajstić information content (AvgIpc) is 2.60. The van der Waals surface area contributed by atoms with Crippen molar-refractivity contribution in [1.82, 2.24) is 0 Å². The van der Waals surface area contributed by atoms with Gasteiger partial charge in [0.25, 0.3) is 0 Å². The minimum Gasteiger partial charge on any atom is -0.0928 e. The highest BCUT2D eigenvalue weighted by molar-refractivity contribution is 9.09. The summed E-state index contributed by atoms with van der Waals surface area (Å²) in [5.74, 6) is 1.39. The summed E-state index contributed by atoms with van der Waals surface area (Å²) >= 11 is 3.57. The molecule has 0 fully saturated rings. The van der Waals surface area contributed by atoms with Crippen LogP contribution in [0.1, 0.15) is 38.2 Å². The second-order valence-corrected chi connectivity index (χ2v) is 7.28. The van der Waals surface area contributed by atoms with Gasteiger partial charge >= 0.3 is 0 Å². The van der Waals surface area contributed by atoms with Crippen LogP contribution in [0.5, 0.6) is 0 Å².